The maximum Gasteiger partial charge on any atom is 0.229 e. The first-order valence-electron chi connectivity index (χ1n) is 8.41. The molecule has 0 spiro atoms. The number of methoxy groups -OCH3 is 1. The molecule has 1 aliphatic heterocycles. The molecule has 2 aromatic rings. The van der Waals surface area contributed by atoms with Crippen molar-refractivity contribution >= 4 is 34.8 Å². The Morgan fingerprint density at radius 3 is 2.77 bits per heavy atom. The first-order chi connectivity index (χ1) is 12.4. The Balaban J connectivity index is 1.77. The predicted octanol–water partition coefficient (Wildman–Crippen LogP) is 3.96. The van der Waals surface area contributed by atoms with Crippen molar-refractivity contribution in [1.82, 2.24) is 0 Å². The molecule has 1 saturated heterocycles. The molecular weight excluding hydrogens is 352 g/mol. The maximum absolute atomic E-state index is 12.7. The lowest BCUT2D eigenvalue weighted by Crippen LogP contribution is -2.28. The SMILES string of the molecule is COc1ccc(Cl)cc1NC(=O)C1CC(=O)N(c2cccc(C)c2C)C1. The fraction of sp³-hybridized carbons (Fsp3) is 0.300. The van der Waals surface area contributed by atoms with Crippen LogP contribution in [-0.4, -0.2) is 25.5 Å². The van der Waals surface area contributed by atoms with Crippen LogP contribution < -0.4 is 15.0 Å². The predicted molar refractivity (Wildman–Crippen MR) is 103 cm³/mol. The standard InChI is InChI=1S/C20H21ClN2O3/c1-12-5-4-6-17(13(12)2)23-11-14(9-19(23)24)20(25)22-16-10-15(21)7-8-18(16)26-3/h4-8,10,14H,9,11H2,1-3H3,(H,22,25). The van der Waals surface area contributed by atoms with Crippen LogP contribution in [0, 0.1) is 19.8 Å². The van der Waals surface area contributed by atoms with Crippen LogP contribution in [0.5, 0.6) is 5.75 Å². The van der Waals surface area contributed by atoms with Gasteiger partial charge in [0.25, 0.3) is 0 Å². The Morgan fingerprint density at radius 1 is 1.27 bits per heavy atom. The van der Waals surface area contributed by atoms with Gasteiger partial charge in [-0.15, -0.1) is 0 Å². The number of hydrogen-bond acceptors (Lipinski definition) is 3. The minimum Gasteiger partial charge on any atom is -0.495 e. The van der Waals surface area contributed by atoms with Gasteiger partial charge in [-0.3, -0.25) is 9.59 Å². The third-order valence-electron chi connectivity index (χ3n) is 4.78. The van der Waals surface area contributed by atoms with Crippen LogP contribution in [0.4, 0.5) is 11.4 Å². The smallest absolute Gasteiger partial charge is 0.229 e. The molecule has 1 N–H and O–H groups in total. The molecule has 136 valence electrons. The second kappa shape index (κ2) is 7.38. The van der Waals surface area contributed by atoms with Gasteiger partial charge in [-0.25, -0.2) is 0 Å². The van der Waals surface area contributed by atoms with Gasteiger partial charge in [-0.05, 0) is 49.2 Å². The Labute approximate surface area is 157 Å². The molecule has 0 radical (unpaired) electrons. The van der Waals surface area contributed by atoms with E-state index in [1.54, 1.807) is 23.1 Å². The molecule has 1 unspecified atom stereocenters. The average Bonchev–Trinajstić information content (AvgIpc) is 2.99. The molecule has 0 bridgehead atoms. The molecule has 5 nitrogen and oxygen atoms in total. The van der Waals surface area contributed by atoms with Crippen LogP contribution in [0.15, 0.2) is 36.4 Å². The van der Waals surface area contributed by atoms with E-state index >= 15 is 0 Å². The monoisotopic (exact) mass is 372 g/mol. The number of anilines is 2. The Morgan fingerprint density at radius 2 is 2.04 bits per heavy atom. The number of nitrogens with zero attached hydrogens (tertiary/aromatic N) is 1. The summed E-state index contributed by atoms with van der Waals surface area (Å²) in [6.07, 6.45) is 0.183. The molecule has 1 fully saturated rings. The van der Waals surface area contributed by atoms with Crippen LogP contribution >= 0.6 is 11.6 Å². The minimum atomic E-state index is -0.425. The van der Waals surface area contributed by atoms with E-state index in [0.29, 0.717) is 23.0 Å². The Bertz CT molecular complexity index is 866. The number of ether oxygens (including phenoxy) is 1. The molecule has 0 aliphatic carbocycles. The van der Waals surface area contributed by atoms with E-state index in [1.807, 2.05) is 32.0 Å². The number of rotatable bonds is 4. The lowest BCUT2D eigenvalue weighted by molar-refractivity contribution is -0.122. The van der Waals surface area contributed by atoms with E-state index < -0.39 is 5.92 Å². The van der Waals surface area contributed by atoms with Crippen LogP contribution in [0.1, 0.15) is 17.5 Å². The van der Waals surface area contributed by atoms with Gasteiger partial charge < -0.3 is 15.0 Å². The summed E-state index contributed by atoms with van der Waals surface area (Å²) in [6, 6.07) is 10.9. The third-order valence-corrected chi connectivity index (χ3v) is 5.02. The molecule has 2 aromatic carbocycles. The summed E-state index contributed by atoms with van der Waals surface area (Å²) in [5, 5.41) is 3.34. The fourth-order valence-electron chi connectivity index (χ4n) is 3.16. The zero-order valence-electron chi connectivity index (χ0n) is 15.0. The molecule has 2 amide bonds. The molecule has 1 atom stereocenters. The van der Waals surface area contributed by atoms with E-state index in [0.717, 1.165) is 16.8 Å². The molecule has 0 saturated carbocycles. The number of amides is 2. The number of halogens is 1. The third kappa shape index (κ3) is 3.53. The van der Waals surface area contributed by atoms with Gasteiger partial charge in [-0.2, -0.15) is 0 Å². The minimum absolute atomic E-state index is 0.0445. The molecular formula is C20H21ClN2O3. The number of aryl methyl sites for hydroxylation is 1. The van der Waals surface area contributed by atoms with Crippen molar-refractivity contribution in [2.75, 3.05) is 23.9 Å². The molecule has 26 heavy (non-hydrogen) atoms. The van der Waals surface area contributed by atoms with E-state index in [-0.39, 0.29) is 18.2 Å². The van der Waals surface area contributed by atoms with E-state index in [4.69, 9.17) is 16.3 Å². The summed E-state index contributed by atoms with van der Waals surface area (Å²) in [5.74, 6) is -0.159. The zero-order chi connectivity index (χ0) is 18.8. The highest BCUT2D eigenvalue weighted by Crippen LogP contribution is 2.32. The lowest BCUT2D eigenvalue weighted by atomic mass is 10.1. The van der Waals surface area contributed by atoms with Gasteiger partial charge in [0.1, 0.15) is 5.75 Å². The van der Waals surface area contributed by atoms with E-state index in [2.05, 4.69) is 5.32 Å². The van der Waals surface area contributed by atoms with Crippen LogP contribution in [-0.2, 0) is 9.59 Å². The number of benzene rings is 2. The Kier molecular flexibility index (Phi) is 5.18. The second-order valence-electron chi connectivity index (χ2n) is 6.46. The van der Waals surface area contributed by atoms with E-state index in [9.17, 15) is 9.59 Å². The zero-order valence-corrected chi connectivity index (χ0v) is 15.8. The summed E-state index contributed by atoms with van der Waals surface area (Å²) >= 11 is 6.01. The van der Waals surface area contributed by atoms with Crippen molar-refractivity contribution in [3.8, 4) is 5.75 Å². The summed E-state index contributed by atoms with van der Waals surface area (Å²) in [4.78, 5) is 26.9. The summed E-state index contributed by atoms with van der Waals surface area (Å²) in [5.41, 5.74) is 3.54. The Hall–Kier alpha value is -2.53. The highest BCUT2D eigenvalue weighted by Gasteiger charge is 2.36. The largest absolute Gasteiger partial charge is 0.495 e. The topological polar surface area (TPSA) is 58.6 Å². The van der Waals surface area contributed by atoms with Crippen molar-refractivity contribution in [3.05, 3.63) is 52.5 Å². The maximum atomic E-state index is 12.7. The first kappa shape index (κ1) is 18.3. The highest BCUT2D eigenvalue weighted by molar-refractivity contribution is 6.31. The van der Waals surface area contributed by atoms with Gasteiger partial charge >= 0.3 is 0 Å². The van der Waals surface area contributed by atoms with Gasteiger partial charge in [0, 0.05) is 23.7 Å². The molecule has 3 rings (SSSR count). The summed E-state index contributed by atoms with van der Waals surface area (Å²) in [7, 11) is 1.53. The summed E-state index contributed by atoms with van der Waals surface area (Å²) < 4.78 is 5.25. The number of nitrogens with one attached hydrogen (secondary N) is 1. The number of carbonyl (C=O) groups is 2. The quantitative estimate of drug-likeness (QED) is 0.883. The highest BCUT2D eigenvalue weighted by atomic mass is 35.5. The van der Waals surface area contributed by atoms with Crippen molar-refractivity contribution in [1.29, 1.82) is 0 Å². The fourth-order valence-corrected chi connectivity index (χ4v) is 3.33. The number of hydrogen-bond donors (Lipinski definition) is 1. The molecule has 0 aromatic heterocycles. The van der Waals surface area contributed by atoms with Crippen molar-refractivity contribution in [2.45, 2.75) is 20.3 Å². The van der Waals surface area contributed by atoms with Gasteiger partial charge in [-0.1, -0.05) is 23.7 Å². The van der Waals surface area contributed by atoms with Crippen LogP contribution in [0.3, 0.4) is 0 Å². The van der Waals surface area contributed by atoms with Gasteiger partial charge in [0.15, 0.2) is 0 Å². The normalized spacial score (nSPS) is 16.7. The van der Waals surface area contributed by atoms with Crippen molar-refractivity contribution in [3.63, 3.8) is 0 Å². The van der Waals surface area contributed by atoms with E-state index in [1.165, 1.54) is 7.11 Å². The van der Waals surface area contributed by atoms with Crippen molar-refractivity contribution < 1.29 is 14.3 Å². The van der Waals surface area contributed by atoms with Crippen LogP contribution in [0.25, 0.3) is 0 Å². The summed E-state index contributed by atoms with van der Waals surface area (Å²) in [6.45, 7) is 4.36. The van der Waals surface area contributed by atoms with Crippen molar-refractivity contribution in [2.24, 2.45) is 5.92 Å². The first-order valence-corrected chi connectivity index (χ1v) is 8.79. The molecule has 6 heteroatoms. The van der Waals surface area contributed by atoms with Gasteiger partial charge in [0.2, 0.25) is 11.8 Å². The van der Waals surface area contributed by atoms with Crippen LogP contribution in [0.2, 0.25) is 5.02 Å². The lowest BCUT2D eigenvalue weighted by Gasteiger charge is -2.20. The average molecular weight is 373 g/mol. The second-order valence-corrected chi connectivity index (χ2v) is 6.89. The molecule has 1 heterocycles. The van der Waals surface area contributed by atoms with Gasteiger partial charge in [0.05, 0.1) is 18.7 Å². The molecule has 1 aliphatic rings. The number of carbonyl (C=O) groups excluding carboxylic acids is 2.